The number of rotatable bonds is 2. The van der Waals surface area contributed by atoms with Crippen LogP contribution in [-0.4, -0.2) is 38.2 Å². The maximum atomic E-state index is 14.7. The number of aliphatic hydroxyl groups is 1. The van der Waals surface area contributed by atoms with Gasteiger partial charge >= 0.3 is 0 Å². The van der Waals surface area contributed by atoms with Crippen LogP contribution in [0.1, 0.15) is 0 Å². The molecule has 1 fully saturated rings. The van der Waals surface area contributed by atoms with E-state index in [2.05, 4.69) is 9.36 Å². The molecule has 3 aromatic heterocycles. The molecule has 4 heterocycles. The van der Waals surface area contributed by atoms with Gasteiger partial charge in [0.15, 0.2) is 23.3 Å². The summed E-state index contributed by atoms with van der Waals surface area (Å²) in [6, 6.07) is 2.80. The lowest BCUT2D eigenvalue weighted by atomic mass is 10.1. The first-order valence-electron chi connectivity index (χ1n) is 8.70. The molecule has 1 aliphatic heterocycles. The number of H-pyrrole nitrogens is 1. The monoisotopic (exact) mass is 435 g/mol. The average Bonchev–Trinajstić information content (AvgIpc) is 3.05. The minimum atomic E-state index is -1.08. The molecule has 0 amide bonds. The van der Waals surface area contributed by atoms with E-state index in [1.54, 1.807) is 4.90 Å². The zero-order valence-electron chi connectivity index (χ0n) is 14.9. The molecule has 0 saturated carbocycles. The van der Waals surface area contributed by atoms with Gasteiger partial charge in [-0.05, 0) is 23.7 Å². The smallest absolute Gasteiger partial charge is 0.271 e. The maximum absolute atomic E-state index is 14.7. The van der Waals surface area contributed by atoms with Gasteiger partial charge in [0.25, 0.3) is 5.56 Å². The summed E-state index contributed by atoms with van der Waals surface area (Å²) in [5, 5.41) is 9.05. The number of nitrogens with one attached hydrogen (secondary N) is 1. The van der Waals surface area contributed by atoms with Crippen molar-refractivity contribution < 1.29 is 18.3 Å². The molecule has 30 heavy (non-hydrogen) atoms. The third kappa shape index (κ3) is 2.53. The molecule has 8 nitrogen and oxygen atoms in total. The van der Waals surface area contributed by atoms with E-state index >= 15 is 0 Å². The van der Waals surface area contributed by atoms with Gasteiger partial charge in [0.2, 0.25) is 5.43 Å². The van der Waals surface area contributed by atoms with Crippen molar-refractivity contribution in [2.24, 2.45) is 0 Å². The molecule has 154 valence electrons. The number of β-amino-alcohol motifs (C(OH)–C–C–N with tert-alkyl or cyclic N) is 1. The molecule has 1 saturated heterocycles. The van der Waals surface area contributed by atoms with Gasteiger partial charge in [0, 0.05) is 19.2 Å². The van der Waals surface area contributed by atoms with Crippen molar-refractivity contribution in [3.63, 3.8) is 0 Å². The van der Waals surface area contributed by atoms with Crippen LogP contribution in [0, 0.1) is 17.5 Å². The summed E-state index contributed by atoms with van der Waals surface area (Å²) in [5.41, 5.74) is 4.19. The van der Waals surface area contributed by atoms with Crippen molar-refractivity contribution in [3.05, 3.63) is 56.2 Å². The van der Waals surface area contributed by atoms with Crippen molar-refractivity contribution in [1.29, 1.82) is 0 Å². The van der Waals surface area contributed by atoms with Crippen LogP contribution in [0.5, 0.6) is 0 Å². The predicted molar refractivity (Wildman–Crippen MR) is 106 cm³/mol. The number of aliphatic hydroxyl groups excluding tert-OH is 1. The average molecular weight is 435 g/mol. The summed E-state index contributed by atoms with van der Waals surface area (Å²) < 4.78 is 46.6. The van der Waals surface area contributed by atoms with Crippen molar-refractivity contribution in [2.45, 2.75) is 6.10 Å². The minimum Gasteiger partial charge on any atom is -0.389 e. The van der Waals surface area contributed by atoms with Crippen LogP contribution in [-0.2, 0) is 0 Å². The molecule has 12 heteroatoms. The SMILES string of the molecule is Nc1nc(-n2c3cc(N4CC(O)C4)c(F)cc3c(=O)c3c(=O)[nH]sc32)c(F)cc1F. The minimum absolute atomic E-state index is 0.0242. The van der Waals surface area contributed by atoms with Crippen LogP contribution < -0.4 is 21.6 Å². The highest BCUT2D eigenvalue weighted by Gasteiger charge is 2.29. The number of pyridine rings is 2. The molecule has 4 N–H and O–H groups in total. The number of nitrogen functional groups attached to an aromatic ring is 1. The molecule has 0 aliphatic carbocycles. The summed E-state index contributed by atoms with van der Waals surface area (Å²) in [7, 11) is 0. The summed E-state index contributed by atoms with van der Waals surface area (Å²) >= 11 is 0.759. The molecule has 0 spiro atoms. The van der Waals surface area contributed by atoms with Crippen LogP contribution in [0.4, 0.5) is 24.7 Å². The Bertz CT molecular complexity index is 1470. The van der Waals surface area contributed by atoms with Crippen molar-refractivity contribution in [2.75, 3.05) is 23.7 Å². The summed E-state index contributed by atoms with van der Waals surface area (Å²) in [6.07, 6.45) is -0.615. The van der Waals surface area contributed by atoms with Crippen LogP contribution in [0.3, 0.4) is 0 Å². The van der Waals surface area contributed by atoms with E-state index in [4.69, 9.17) is 5.73 Å². The lowest BCUT2D eigenvalue weighted by Crippen LogP contribution is -2.51. The standard InChI is InChI=1S/C18H12F3N5O3S/c19-8-1-7-11(3-12(8)25-4-6(27)5-25)26(16-10(21)2-9(20)15(22)23-16)18-13(14(7)28)17(29)24-30-18/h1-3,6,27H,4-5H2,(H2,22,23)(H,24,29). The first-order chi connectivity index (χ1) is 14.3. The quantitative estimate of drug-likeness (QED) is 0.439. The van der Waals surface area contributed by atoms with Crippen LogP contribution in [0.2, 0.25) is 0 Å². The largest absolute Gasteiger partial charge is 0.389 e. The van der Waals surface area contributed by atoms with Gasteiger partial charge in [-0.25, -0.2) is 18.2 Å². The number of aromatic amines is 1. The maximum Gasteiger partial charge on any atom is 0.271 e. The van der Waals surface area contributed by atoms with Gasteiger partial charge in [-0.1, -0.05) is 0 Å². The Kier molecular flexibility index (Phi) is 3.92. The zero-order chi connectivity index (χ0) is 21.3. The highest BCUT2D eigenvalue weighted by Crippen LogP contribution is 2.32. The van der Waals surface area contributed by atoms with Gasteiger partial charge in [-0.15, -0.1) is 0 Å². The van der Waals surface area contributed by atoms with Crippen LogP contribution in [0.15, 0.2) is 27.8 Å². The highest BCUT2D eigenvalue weighted by molar-refractivity contribution is 7.12. The van der Waals surface area contributed by atoms with Crippen molar-refractivity contribution in [1.82, 2.24) is 13.9 Å². The Morgan fingerprint density at radius 1 is 1.13 bits per heavy atom. The van der Waals surface area contributed by atoms with E-state index in [-0.39, 0.29) is 39.9 Å². The fraction of sp³-hybridized carbons (Fsp3) is 0.167. The summed E-state index contributed by atoms with van der Waals surface area (Å²) in [5.74, 6) is -3.92. The number of aromatic nitrogens is 3. The van der Waals surface area contributed by atoms with Crippen molar-refractivity contribution >= 4 is 44.2 Å². The molecule has 1 aliphatic rings. The topological polar surface area (TPSA) is 117 Å². The van der Waals surface area contributed by atoms with E-state index in [9.17, 15) is 27.9 Å². The first kappa shape index (κ1) is 18.6. The Morgan fingerprint density at radius 2 is 1.87 bits per heavy atom. The van der Waals surface area contributed by atoms with Crippen LogP contribution >= 0.6 is 11.5 Å². The number of hydrogen-bond acceptors (Lipinski definition) is 7. The molecular formula is C18H12F3N5O3S. The highest BCUT2D eigenvalue weighted by atomic mass is 32.1. The number of nitrogens with two attached hydrogens (primary N) is 1. The third-order valence-electron chi connectivity index (χ3n) is 5.02. The molecule has 0 unspecified atom stereocenters. The zero-order valence-corrected chi connectivity index (χ0v) is 15.8. The van der Waals surface area contributed by atoms with E-state index in [1.807, 2.05) is 0 Å². The Morgan fingerprint density at radius 3 is 2.57 bits per heavy atom. The molecule has 4 aromatic rings. The van der Waals surface area contributed by atoms with E-state index in [0.717, 1.165) is 22.2 Å². The number of halogens is 3. The number of nitrogens with zero attached hydrogens (tertiary/aromatic N) is 3. The van der Waals surface area contributed by atoms with Gasteiger partial charge in [-0.3, -0.25) is 18.5 Å². The second-order valence-electron chi connectivity index (χ2n) is 6.92. The second kappa shape index (κ2) is 6.31. The van der Waals surface area contributed by atoms with E-state index in [0.29, 0.717) is 6.07 Å². The van der Waals surface area contributed by atoms with Gasteiger partial charge in [0.05, 0.1) is 22.7 Å². The number of benzene rings is 1. The van der Waals surface area contributed by atoms with E-state index in [1.165, 1.54) is 6.07 Å². The first-order valence-corrected chi connectivity index (χ1v) is 9.52. The van der Waals surface area contributed by atoms with Gasteiger partial charge in [-0.2, -0.15) is 0 Å². The Hall–Kier alpha value is -3.38. The number of hydrogen-bond donors (Lipinski definition) is 3. The van der Waals surface area contributed by atoms with Crippen molar-refractivity contribution in [3.8, 4) is 5.82 Å². The molecule has 1 aromatic carbocycles. The lowest BCUT2D eigenvalue weighted by molar-refractivity contribution is 0.141. The Labute approximate surface area is 168 Å². The normalized spacial score (nSPS) is 14.6. The lowest BCUT2D eigenvalue weighted by Gasteiger charge is -2.38. The molecule has 0 bridgehead atoms. The predicted octanol–water partition coefficient (Wildman–Crippen LogP) is 1.47. The fourth-order valence-corrected chi connectivity index (χ4v) is 4.40. The number of anilines is 2. The molecule has 5 rings (SSSR count). The molecule has 0 atom stereocenters. The van der Waals surface area contributed by atoms with Gasteiger partial charge in [0.1, 0.15) is 16.0 Å². The Balaban J connectivity index is 1.95. The molecule has 0 radical (unpaired) electrons. The third-order valence-corrected chi connectivity index (χ3v) is 5.88. The van der Waals surface area contributed by atoms with Gasteiger partial charge < -0.3 is 15.7 Å². The fourth-order valence-electron chi connectivity index (χ4n) is 3.55. The van der Waals surface area contributed by atoms with E-state index < -0.39 is 46.2 Å². The summed E-state index contributed by atoms with van der Waals surface area (Å²) in [6.45, 7) is 0.366. The summed E-state index contributed by atoms with van der Waals surface area (Å²) in [4.78, 5) is 30.4. The van der Waals surface area contributed by atoms with Crippen LogP contribution in [0.25, 0.3) is 26.9 Å². The molecular weight excluding hydrogens is 423 g/mol. The second-order valence-corrected chi connectivity index (χ2v) is 7.71. The number of fused-ring (bicyclic) bond motifs is 2.